The minimum atomic E-state index is -0.430. The van der Waals surface area contributed by atoms with E-state index in [2.05, 4.69) is 20.3 Å². The molecule has 0 spiro atoms. The lowest BCUT2D eigenvalue weighted by molar-refractivity contribution is -0.121. The van der Waals surface area contributed by atoms with Crippen molar-refractivity contribution in [1.82, 2.24) is 15.6 Å². The molecule has 0 aliphatic carbocycles. The Hall–Kier alpha value is -1.96. The fourth-order valence-electron chi connectivity index (χ4n) is 1.34. The summed E-state index contributed by atoms with van der Waals surface area (Å²) >= 11 is 0. The second-order valence-corrected chi connectivity index (χ2v) is 3.76. The predicted molar refractivity (Wildman–Crippen MR) is 61.6 cm³/mol. The van der Waals surface area contributed by atoms with Crippen LogP contribution in [0.25, 0.3) is 0 Å². The zero-order chi connectivity index (χ0) is 13.4. The van der Waals surface area contributed by atoms with Crippen LogP contribution < -0.4 is 11.1 Å². The first-order valence-corrected chi connectivity index (χ1v) is 5.64. The molecule has 4 N–H and O–H groups in total. The summed E-state index contributed by atoms with van der Waals surface area (Å²) in [6.07, 6.45) is 2.59. The maximum atomic E-state index is 11.5. The molecule has 0 unspecified atom stereocenters. The van der Waals surface area contributed by atoms with Gasteiger partial charge < -0.3 is 16.2 Å². The lowest BCUT2D eigenvalue weighted by Gasteiger charge is -2.02. The number of anilines is 1. The Labute approximate surface area is 103 Å². The van der Waals surface area contributed by atoms with Crippen LogP contribution in [0, 0.1) is 0 Å². The van der Waals surface area contributed by atoms with Crippen LogP contribution in [0.1, 0.15) is 36.2 Å². The number of rotatable bonds is 8. The van der Waals surface area contributed by atoms with Crippen molar-refractivity contribution in [3.63, 3.8) is 0 Å². The molecule has 0 aliphatic rings. The van der Waals surface area contributed by atoms with Gasteiger partial charge in [-0.05, 0) is 23.2 Å². The Kier molecular flexibility index (Phi) is 5.78. The van der Waals surface area contributed by atoms with Gasteiger partial charge in [-0.15, -0.1) is 0 Å². The second kappa shape index (κ2) is 7.38. The Morgan fingerprint density at radius 2 is 2.06 bits per heavy atom. The highest BCUT2D eigenvalue weighted by molar-refractivity contribution is 5.95. The van der Waals surface area contributed by atoms with Gasteiger partial charge in [0.1, 0.15) is 6.61 Å². The Morgan fingerprint density at radius 3 is 2.67 bits per heavy atom. The summed E-state index contributed by atoms with van der Waals surface area (Å²) in [5, 5.41) is 17.8. The van der Waals surface area contributed by atoms with E-state index in [0.717, 1.165) is 12.8 Å². The van der Waals surface area contributed by atoms with Crippen LogP contribution in [-0.2, 0) is 4.79 Å². The number of carbonyl (C=O) groups is 2. The molecule has 1 amide bonds. The van der Waals surface area contributed by atoms with Crippen LogP contribution in [0.3, 0.4) is 0 Å². The topological polar surface area (TPSA) is 131 Å². The van der Waals surface area contributed by atoms with Crippen LogP contribution in [-0.4, -0.2) is 40.3 Å². The first kappa shape index (κ1) is 14.1. The smallest absolute Gasteiger partial charge is 0.277 e. The number of aromatic nitrogens is 2. The van der Waals surface area contributed by atoms with Crippen molar-refractivity contribution in [2.24, 2.45) is 0 Å². The summed E-state index contributed by atoms with van der Waals surface area (Å²) in [5.74, 6) is -0.637. The summed E-state index contributed by atoms with van der Waals surface area (Å²) < 4.78 is 4.30. The largest absolute Gasteiger partial charge is 0.389 e. The van der Waals surface area contributed by atoms with Crippen LogP contribution in [0.4, 0.5) is 5.82 Å². The van der Waals surface area contributed by atoms with E-state index in [0.29, 0.717) is 19.4 Å². The van der Waals surface area contributed by atoms with Crippen molar-refractivity contribution >= 4 is 17.5 Å². The number of carbonyl (C=O) groups excluding carboxylic acids is 2. The molecule has 0 aliphatic heterocycles. The number of ketones is 1. The number of unbranched alkanes of at least 4 members (excludes halogenated alkanes) is 2. The number of nitrogens with two attached hydrogens (primary N) is 1. The molecule has 0 atom stereocenters. The molecule has 0 saturated heterocycles. The van der Waals surface area contributed by atoms with Gasteiger partial charge in [-0.25, -0.2) is 4.63 Å². The Bertz CT molecular complexity index is 404. The molecular formula is C10H16N4O4. The van der Waals surface area contributed by atoms with Crippen molar-refractivity contribution in [2.45, 2.75) is 25.7 Å². The van der Waals surface area contributed by atoms with E-state index in [-0.39, 0.29) is 17.3 Å². The first-order valence-electron chi connectivity index (χ1n) is 5.64. The van der Waals surface area contributed by atoms with E-state index in [9.17, 15) is 9.59 Å². The summed E-state index contributed by atoms with van der Waals surface area (Å²) in [5.41, 5.74) is 5.33. The summed E-state index contributed by atoms with van der Waals surface area (Å²) in [7, 11) is 0. The van der Waals surface area contributed by atoms with E-state index < -0.39 is 12.5 Å². The molecule has 100 valence electrons. The number of nitrogens with zero attached hydrogens (tertiary/aromatic N) is 2. The first-order chi connectivity index (χ1) is 8.65. The SMILES string of the molecule is Nc1nonc1C(=O)NCCCCCC(=O)CO. The highest BCUT2D eigenvalue weighted by Crippen LogP contribution is 2.04. The van der Waals surface area contributed by atoms with Gasteiger partial charge in [0.2, 0.25) is 11.5 Å². The average Bonchev–Trinajstić information content (AvgIpc) is 2.79. The number of amides is 1. The van der Waals surface area contributed by atoms with Crippen molar-refractivity contribution in [2.75, 3.05) is 18.9 Å². The van der Waals surface area contributed by atoms with Crippen LogP contribution in [0.2, 0.25) is 0 Å². The normalized spacial score (nSPS) is 10.3. The standard InChI is InChI=1S/C10H16N4O4/c11-9-8(13-18-14-9)10(17)12-5-3-1-2-4-7(16)6-15/h15H,1-6H2,(H2,11,14)(H,12,17). The van der Waals surface area contributed by atoms with Crippen LogP contribution >= 0.6 is 0 Å². The fourth-order valence-corrected chi connectivity index (χ4v) is 1.34. The molecule has 18 heavy (non-hydrogen) atoms. The minimum absolute atomic E-state index is 0.0227. The maximum Gasteiger partial charge on any atom is 0.277 e. The lowest BCUT2D eigenvalue weighted by Crippen LogP contribution is -2.25. The van der Waals surface area contributed by atoms with Gasteiger partial charge in [0, 0.05) is 13.0 Å². The van der Waals surface area contributed by atoms with E-state index in [1.54, 1.807) is 0 Å². The molecule has 8 nitrogen and oxygen atoms in total. The summed E-state index contributed by atoms with van der Waals surface area (Å²) in [4.78, 5) is 22.3. The lowest BCUT2D eigenvalue weighted by atomic mass is 10.1. The maximum absolute atomic E-state index is 11.5. The number of aliphatic hydroxyl groups is 1. The van der Waals surface area contributed by atoms with Gasteiger partial charge in [-0.2, -0.15) is 0 Å². The molecule has 0 saturated carbocycles. The summed E-state index contributed by atoms with van der Waals surface area (Å²) in [6, 6.07) is 0. The number of hydrogen-bond acceptors (Lipinski definition) is 7. The van der Waals surface area contributed by atoms with E-state index in [1.807, 2.05) is 0 Å². The van der Waals surface area contributed by atoms with Crippen LogP contribution in [0.15, 0.2) is 4.63 Å². The number of nitrogens with one attached hydrogen (secondary N) is 1. The highest BCUT2D eigenvalue weighted by atomic mass is 16.6. The Morgan fingerprint density at radius 1 is 1.28 bits per heavy atom. The van der Waals surface area contributed by atoms with Crippen molar-refractivity contribution < 1.29 is 19.3 Å². The molecule has 1 aromatic heterocycles. The predicted octanol–water partition coefficient (Wildman–Crippen LogP) is -0.497. The van der Waals surface area contributed by atoms with E-state index in [1.165, 1.54) is 0 Å². The monoisotopic (exact) mass is 256 g/mol. The molecule has 0 bridgehead atoms. The van der Waals surface area contributed by atoms with Crippen molar-refractivity contribution in [3.05, 3.63) is 5.69 Å². The number of nitrogen functional groups attached to an aromatic ring is 1. The van der Waals surface area contributed by atoms with Gasteiger partial charge in [0.05, 0.1) is 0 Å². The van der Waals surface area contributed by atoms with Gasteiger partial charge >= 0.3 is 0 Å². The third kappa shape index (κ3) is 4.50. The zero-order valence-corrected chi connectivity index (χ0v) is 9.89. The molecule has 0 fully saturated rings. The fraction of sp³-hybridized carbons (Fsp3) is 0.600. The van der Waals surface area contributed by atoms with Gasteiger partial charge in [-0.3, -0.25) is 9.59 Å². The third-order valence-corrected chi connectivity index (χ3v) is 2.32. The quantitative estimate of drug-likeness (QED) is 0.534. The molecule has 1 heterocycles. The molecule has 0 aromatic carbocycles. The number of Topliss-reactive ketones (excluding diaryl/α,β-unsaturated/α-hetero) is 1. The van der Waals surface area contributed by atoms with E-state index in [4.69, 9.17) is 10.8 Å². The molecular weight excluding hydrogens is 240 g/mol. The molecule has 8 heteroatoms. The number of hydrogen-bond donors (Lipinski definition) is 3. The van der Waals surface area contributed by atoms with E-state index >= 15 is 0 Å². The zero-order valence-electron chi connectivity index (χ0n) is 9.89. The van der Waals surface area contributed by atoms with Crippen molar-refractivity contribution in [3.8, 4) is 0 Å². The third-order valence-electron chi connectivity index (χ3n) is 2.32. The molecule has 1 rings (SSSR count). The average molecular weight is 256 g/mol. The van der Waals surface area contributed by atoms with Gasteiger partial charge in [0.25, 0.3) is 5.91 Å². The van der Waals surface area contributed by atoms with Crippen molar-refractivity contribution in [1.29, 1.82) is 0 Å². The Balaban J connectivity index is 2.10. The van der Waals surface area contributed by atoms with Crippen LogP contribution in [0.5, 0.6) is 0 Å². The molecule has 1 aromatic rings. The van der Waals surface area contributed by atoms with Gasteiger partial charge in [-0.1, -0.05) is 6.42 Å². The summed E-state index contributed by atoms with van der Waals surface area (Å²) in [6.45, 7) is 0.0492. The molecule has 0 radical (unpaired) electrons. The minimum Gasteiger partial charge on any atom is -0.389 e. The number of aliphatic hydroxyl groups excluding tert-OH is 1. The highest BCUT2D eigenvalue weighted by Gasteiger charge is 2.14. The van der Waals surface area contributed by atoms with Gasteiger partial charge in [0.15, 0.2) is 5.78 Å². The second-order valence-electron chi connectivity index (χ2n) is 3.76.